The highest BCUT2D eigenvalue weighted by Gasteiger charge is 2.24. The zero-order chi connectivity index (χ0) is 22.8. The number of hydrogen-bond donors (Lipinski definition) is 2. The maximum atomic E-state index is 14.3. The minimum Gasteiger partial charge on any atom is -0.477 e. The van der Waals surface area contributed by atoms with Crippen LogP contribution >= 0.6 is 0 Å². The summed E-state index contributed by atoms with van der Waals surface area (Å²) < 4.78 is 21.4. The molecule has 1 aliphatic heterocycles. The van der Waals surface area contributed by atoms with Crippen molar-refractivity contribution in [2.45, 2.75) is 6.92 Å². The van der Waals surface area contributed by atoms with E-state index in [9.17, 15) is 14.0 Å². The Labute approximate surface area is 182 Å². The SMILES string of the molecule is CCOc1nc(N2CCN(C(=O)O)CC2)ncc1C(=O)Nc1cc(F)c2nn(C)cc2c1. The van der Waals surface area contributed by atoms with Gasteiger partial charge in [-0.15, -0.1) is 0 Å². The first-order valence-corrected chi connectivity index (χ1v) is 10.0. The molecular weight excluding hydrogens is 421 g/mol. The minimum absolute atomic E-state index is 0.0959. The van der Waals surface area contributed by atoms with Gasteiger partial charge in [0.05, 0.1) is 6.61 Å². The van der Waals surface area contributed by atoms with Crippen molar-refractivity contribution in [1.82, 2.24) is 24.6 Å². The molecule has 2 amide bonds. The zero-order valence-electron chi connectivity index (χ0n) is 17.6. The van der Waals surface area contributed by atoms with Crippen molar-refractivity contribution in [3.8, 4) is 5.88 Å². The van der Waals surface area contributed by atoms with E-state index in [4.69, 9.17) is 9.84 Å². The van der Waals surface area contributed by atoms with Crippen LogP contribution in [0.15, 0.2) is 24.5 Å². The topological polar surface area (TPSA) is 126 Å². The Hall–Kier alpha value is -3.96. The smallest absolute Gasteiger partial charge is 0.407 e. The molecule has 12 heteroatoms. The fourth-order valence-corrected chi connectivity index (χ4v) is 3.49. The molecule has 3 aromatic rings. The molecule has 32 heavy (non-hydrogen) atoms. The summed E-state index contributed by atoms with van der Waals surface area (Å²) in [6, 6.07) is 2.82. The monoisotopic (exact) mass is 443 g/mol. The molecule has 1 aromatic carbocycles. The normalized spacial score (nSPS) is 14.0. The van der Waals surface area contributed by atoms with Gasteiger partial charge in [-0.2, -0.15) is 10.1 Å². The highest BCUT2D eigenvalue weighted by molar-refractivity contribution is 6.06. The van der Waals surface area contributed by atoms with Gasteiger partial charge in [0.1, 0.15) is 11.1 Å². The van der Waals surface area contributed by atoms with E-state index < -0.39 is 17.8 Å². The predicted octanol–water partition coefficient (Wildman–Crippen LogP) is 1.95. The lowest BCUT2D eigenvalue weighted by Gasteiger charge is -2.33. The van der Waals surface area contributed by atoms with Gasteiger partial charge in [0.2, 0.25) is 11.8 Å². The Morgan fingerprint density at radius 3 is 2.69 bits per heavy atom. The van der Waals surface area contributed by atoms with E-state index >= 15 is 0 Å². The Bertz CT molecular complexity index is 1170. The number of halogens is 1. The van der Waals surface area contributed by atoms with Gasteiger partial charge in [0.15, 0.2) is 5.82 Å². The number of carbonyl (C=O) groups excluding carboxylic acids is 1. The lowest BCUT2D eigenvalue weighted by Crippen LogP contribution is -2.48. The van der Waals surface area contributed by atoms with E-state index in [2.05, 4.69) is 20.4 Å². The quantitative estimate of drug-likeness (QED) is 0.613. The van der Waals surface area contributed by atoms with E-state index in [1.165, 1.54) is 21.8 Å². The first-order valence-electron chi connectivity index (χ1n) is 10.0. The van der Waals surface area contributed by atoms with Crippen LogP contribution in [0.25, 0.3) is 10.9 Å². The van der Waals surface area contributed by atoms with Crippen LogP contribution in [0.2, 0.25) is 0 Å². The number of benzene rings is 1. The summed E-state index contributed by atoms with van der Waals surface area (Å²) >= 11 is 0. The molecule has 1 saturated heterocycles. The molecule has 11 nitrogen and oxygen atoms in total. The summed E-state index contributed by atoms with van der Waals surface area (Å²) in [5, 5.41) is 16.3. The van der Waals surface area contributed by atoms with Gasteiger partial charge in [-0.3, -0.25) is 9.48 Å². The largest absolute Gasteiger partial charge is 0.477 e. The molecule has 168 valence electrons. The molecule has 3 heterocycles. The molecule has 0 bridgehead atoms. The minimum atomic E-state index is -0.964. The molecule has 0 spiro atoms. The van der Waals surface area contributed by atoms with Gasteiger partial charge in [-0.05, 0) is 19.1 Å². The summed E-state index contributed by atoms with van der Waals surface area (Å²) in [7, 11) is 1.69. The number of anilines is 2. The summed E-state index contributed by atoms with van der Waals surface area (Å²) in [4.78, 5) is 35.7. The average Bonchev–Trinajstić information content (AvgIpc) is 3.14. The van der Waals surface area contributed by atoms with Crippen LogP contribution in [0.4, 0.5) is 20.8 Å². The number of ether oxygens (including phenoxy) is 1. The third kappa shape index (κ3) is 4.24. The van der Waals surface area contributed by atoms with Crippen LogP contribution in [-0.2, 0) is 7.05 Å². The van der Waals surface area contributed by atoms with Crippen LogP contribution in [0.5, 0.6) is 5.88 Å². The second kappa shape index (κ2) is 8.65. The number of aromatic nitrogens is 4. The lowest BCUT2D eigenvalue weighted by atomic mass is 10.2. The summed E-state index contributed by atoms with van der Waals surface area (Å²) in [5.41, 5.74) is 0.590. The van der Waals surface area contributed by atoms with Gasteiger partial charge in [-0.1, -0.05) is 0 Å². The molecule has 1 aliphatic rings. The van der Waals surface area contributed by atoms with Crippen LogP contribution in [0, 0.1) is 5.82 Å². The van der Waals surface area contributed by atoms with Crippen molar-refractivity contribution in [1.29, 1.82) is 0 Å². The molecule has 4 rings (SSSR count). The third-order valence-corrected chi connectivity index (χ3v) is 5.03. The van der Waals surface area contributed by atoms with E-state index in [0.29, 0.717) is 37.5 Å². The average molecular weight is 443 g/mol. The number of rotatable bonds is 5. The second-order valence-electron chi connectivity index (χ2n) is 7.23. The fourth-order valence-electron chi connectivity index (χ4n) is 3.49. The highest BCUT2D eigenvalue weighted by Crippen LogP contribution is 2.24. The number of aryl methyl sites for hydroxylation is 1. The first kappa shape index (κ1) is 21.3. The van der Waals surface area contributed by atoms with Crippen LogP contribution < -0.4 is 15.0 Å². The van der Waals surface area contributed by atoms with Crippen molar-refractivity contribution in [2.75, 3.05) is 43.0 Å². The second-order valence-corrected chi connectivity index (χ2v) is 7.23. The zero-order valence-corrected chi connectivity index (χ0v) is 17.6. The maximum Gasteiger partial charge on any atom is 0.407 e. The number of nitrogens with zero attached hydrogens (tertiary/aromatic N) is 6. The van der Waals surface area contributed by atoms with E-state index in [1.54, 1.807) is 26.2 Å². The Morgan fingerprint density at radius 2 is 2.00 bits per heavy atom. The molecule has 1 fully saturated rings. The molecule has 0 radical (unpaired) electrons. The summed E-state index contributed by atoms with van der Waals surface area (Å²) in [6.07, 6.45) is 2.04. The van der Waals surface area contributed by atoms with Crippen LogP contribution in [0.1, 0.15) is 17.3 Å². The van der Waals surface area contributed by atoms with Crippen molar-refractivity contribution < 1.29 is 23.8 Å². The third-order valence-electron chi connectivity index (χ3n) is 5.03. The van der Waals surface area contributed by atoms with Gasteiger partial charge < -0.3 is 25.0 Å². The first-order chi connectivity index (χ1) is 15.4. The molecule has 2 aromatic heterocycles. The van der Waals surface area contributed by atoms with Gasteiger partial charge in [0.25, 0.3) is 5.91 Å². The number of hydrogen-bond acceptors (Lipinski definition) is 7. The highest BCUT2D eigenvalue weighted by atomic mass is 19.1. The van der Waals surface area contributed by atoms with Crippen molar-refractivity contribution in [2.24, 2.45) is 7.05 Å². The molecule has 0 atom stereocenters. The van der Waals surface area contributed by atoms with E-state index in [0.717, 1.165) is 0 Å². The maximum absolute atomic E-state index is 14.3. The fraction of sp³-hybridized carbons (Fsp3) is 0.350. The number of carboxylic acid groups (broad SMARTS) is 1. The number of nitrogens with one attached hydrogen (secondary N) is 1. The Kier molecular flexibility index (Phi) is 5.75. The molecule has 0 aliphatic carbocycles. The molecule has 2 N–H and O–H groups in total. The summed E-state index contributed by atoms with van der Waals surface area (Å²) in [6.45, 7) is 3.54. The number of piperazine rings is 1. The van der Waals surface area contributed by atoms with Crippen molar-refractivity contribution >= 4 is 34.5 Å². The number of carbonyl (C=O) groups is 2. The number of amides is 2. The Balaban J connectivity index is 1.55. The lowest BCUT2D eigenvalue weighted by molar-refractivity contribution is 0.102. The predicted molar refractivity (Wildman–Crippen MR) is 114 cm³/mol. The van der Waals surface area contributed by atoms with Crippen molar-refractivity contribution in [3.63, 3.8) is 0 Å². The van der Waals surface area contributed by atoms with Crippen molar-refractivity contribution in [3.05, 3.63) is 35.9 Å². The van der Waals surface area contributed by atoms with E-state index in [-0.39, 0.29) is 29.3 Å². The molecule has 0 saturated carbocycles. The van der Waals surface area contributed by atoms with E-state index in [1.807, 2.05) is 4.90 Å². The molecule has 0 unspecified atom stereocenters. The van der Waals surface area contributed by atoms with Gasteiger partial charge in [0, 0.05) is 56.7 Å². The number of fused-ring (bicyclic) bond motifs is 1. The molecular formula is C20H22FN7O4. The Morgan fingerprint density at radius 1 is 1.25 bits per heavy atom. The van der Waals surface area contributed by atoms with Gasteiger partial charge >= 0.3 is 6.09 Å². The van der Waals surface area contributed by atoms with Crippen LogP contribution in [0.3, 0.4) is 0 Å². The van der Waals surface area contributed by atoms with Gasteiger partial charge in [-0.25, -0.2) is 14.2 Å². The standard InChI is InChI=1S/C20H22FN7O4/c1-3-32-18-14(10-22-19(24-18)27-4-6-28(7-5-27)20(30)31)17(29)23-13-8-12-11-26(2)25-16(12)15(21)9-13/h8-11H,3-7H2,1-2H3,(H,23,29)(H,30,31). The van der Waals surface area contributed by atoms with Crippen LogP contribution in [-0.4, -0.2) is 74.5 Å². The summed E-state index contributed by atoms with van der Waals surface area (Å²) in [5.74, 6) is -0.648.